The van der Waals surface area contributed by atoms with Gasteiger partial charge in [-0.2, -0.15) is 13.2 Å². The summed E-state index contributed by atoms with van der Waals surface area (Å²) in [5.41, 5.74) is 0.0239. The zero-order chi connectivity index (χ0) is 16.3. The molecular formula is C14H9Cl3F3NO. The third-order valence-electron chi connectivity index (χ3n) is 2.76. The number of pyridine rings is 1. The Bertz CT molecular complexity index is 677. The van der Waals surface area contributed by atoms with Crippen LogP contribution in [-0.4, -0.2) is 4.98 Å². The molecule has 118 valence electrons. The average Bonchev–Trinajstić information content (AvgIpc) is 2.41. The standard InChI is InChI=1S/C14H9Cl3F3NO/c15-10-2-1-8(11(16)4-10)6-22-7-13-12(17)3-9(5-21-13)14(18,19)20/h1-5H,6-7H2. The highest BCUT2D eigenvalue weighted by Gasteiger charge is 2.31. The number of ether oxygens (including phenoxy) is 1. The fourth-order valence-electron chi connectivity index (χ4n) is 1.62. The smallest absolute Gasteiger partial charge is 0.370 e. The van der Waals surface area contributed by atoms with Crippen molar-refractivity contribution in [3.8, 4) is 0 Å². The molecule has 0 fully saturated rings. The molecule has 8 heteroatoms. The summed E-state index contributed by atoms with van der Waals surface area (Å²) in [5.74, 6) is 0. The van der Waals surface area contributed by atoms with Gasteiger partial charge in [0.1, 0.15) is 0 Å². The Morgan fingerprint density at radius 2 is 1.73 bits per heavy atom. The highest BCUT2D eigenvalue weighted by atomic mass is 35.5. The molecule has 22 heavy (non-hydrogen) atoms. The summed E-state index contributed by atoms with van der Waals surface area (Å²) in [6, 6.07) is 5.76. The maximum Gasteiger partial charge on any atom is 0.417 e. The topological polar surface area (TPSA) is 22.1 Å². The molecule has 1 aromatic heterocycles. The molecule has 0 aliphatic rings. The molecule has 0 saturated heterocycles. The van der Waals surface area contributed by atoms with Gasteiger partial charge in [0.2, 0.25) is 0 Å². The van der Waals surface area contributed by atoms with E-state index < -0.39 is 11.7 Å². The van der Waals surface area contributed by atoms with Crippen molar-refractivity contribution in [3.63, 3.8) is 0 Å². The van der Waals surface area contributed by atoms with Crippen molar-refractivity contribution >= 4 is 34.8 Å². The number of hydrogen-bond acceptors (Lipinski definition) is 2. The predicted octanol–water partition coefficient (Wildman–Crippen LogP) is 5.78. The van der Waals surface area contributed by atoms with E-state index in [1.165, 1.54) is 0 Å². The summed E-state index contributed by atoms with van der Waals surface area (Å²) >= 11 is 17.5. The van der Waals surface area contributed by atoms with Crippen LogP contribution in [0, 0.1) is 0 Å². The Hall–Kier alpha value is -1.01. The third kappa shape index (κ3) is 4.49. The fourth-order valence-corrected chi connectivity index (χ4v) is 2.31. The van der Waals surface area contributed by atoms with E-state index >= 15 is 0 Å². The van der Waals surface area contributed by atoms with E-state index in [1.54, 1.807) is 18.2 Å². The van der Waals surface area contributed by atoms with Crippen LogP contribution in [0.4, 0.5) is 13.2 Å². The van der Waals surface area contributed by atoms with Gasteiger partial charge in [-0.1, -0.05) is 40.9 Å². The minimum absolute atomic E-state index is 0.0318. The van der Waals surface area contributed by atoms with Crippen LogP contribution in [0.25, 0.3) is 0 Å². The molecule has 0 amide bonds. The van der Waals surface area contributed by atoms with Gasteiger partial charge in [0.25, 0.3) is 0 Å². The predicted molar refractivity (Wildman–Crippen MR) is 79.2 cm³/mol. The van der Waals surface area contributed by atoms with Gasteiger partial charge >= 0.3 is 6.18 Å². The van der Waals surface area contributed by atoms with Crippen molar-refractivity contribution in [3.05, 3.63) is 62.4 Å². The van der Waals surface area contributed by atoms with Crippen LogP contribution in [0.5, 0.6) is 0 Å². The summed E-state index contributed by atoms with van der Waals surface area (Å²) in [6.45, 7) is 0.130. The minimum atomic E-state index is -4.48. The van der Waals surface area contributed by atoms with Crippen molar-refractivity contribution in [1.82, 2.24) is 4.98 Å². The Labute approximate surface area is 139 Å². The second-order valence-corrected chi connectivity index (χ2v) is 5.63. The molecule has 1 aromatic carbocycles. The van der Waals surface area contributed by atoms with E-state index in [-0.39, 0.29) is 23.9 Å². The van der Waals surface area contributed by atoms with Crippen LogP contribution in [0.15, 0.2) is 30.5 Å². The number of halogens is 6. The van der Waals surface area contributed by atoms with Crippen LogP contribution >= 0.6 is 34.8 Å². The number of nitrogens with zero attached hydrogens (tertiary/aromatic N) is 1. The normalized spacial score (nSPS) is 11.7. The van der Waals surface area contributed by atoms with E-state index in [1.807, 2.05) is 0 Å². The summed E-state index contributed by atoms with van der Waals surface area (Å²) in [4.78, 5) is 3.68. The molecule has 0 radical (unpaired) electrons. The monoisotopic (exact) mass is 369 g/mol. The van der Waals surface area contributed by atoms with Crippen LogP contribution in [0.2, 0.25) is 15.1 Å². The van der Waals surface area contributed by atoms with Gasteiger partial charge in [0.15, 0.2) is 0 Å². The minimum Gasteiger partial charge on any atom is -0.370 e. The van der Waals surface area contributed by atoms with Crippen molar-refractivity contribution in [2.24, 2.45) is 0 Å². The fraction of sp³-hybridized carbons (Fsp3) is 0.214. The maximum atomic E-state index is 12.5. The Kier molecular flexibility index (Phi) is 5.55. The van der Waals surface area contributed by atoms with Crippen LogP contribution < -0.4 is 0 Å². The van der Waals surface area contributed by atoms with Gasteiger partial charge < -0.3 is 4.74 Å². The molecule has 2 rings (SSSR count). The molecule has 0 bridgehead atoms. The van der Waals surface area contributed by atoms with Crippen molar-refractivity contribution in [2.75, 3.05) is 0 Å². The quantitative estimate of drug-likeness (QED) is 0.681. The third-order valence-corrected chi connectivity index (χ3v) is 3.67. The first-order valence-electron chi connectivity index (χ1n) is 6.00. The van der Waals surface area contributed by atoms with Crippen LogP contribution in [0.3, 0.4) is 0 Å². The molecule has 1 heterocycles. The molecule has 0 saturated carbocycles. The number of alkyl halides is 3. The van der Waals surface area contributed by atoms with E-state index in [4.69, 9.17) is 39.5 Å². The molecule has 0 unspecified atom stereocenters. The second-order valence-electron chi connectivity index (χ2n) is 4.38. The Morgan fingerprint density at radius 3 is 2.32 bits per heavy atom. The number of aromatic nitrogens is 1. The zero-order valence-electron chi connectivity index (χ0n) is 10.9. The van der Waals surface area contributed by atoms with Crippen molar-refractivity contribution in [1.29, 1.82) is 0 Å². The van der Waals surface area contributed by atoms with Crippen molar-refractivity contribution in [2.45, 2.75) is 19.4 Å². The largest absolute Gasteiger partial charge is 0.417 e. The van der Waals surface area contributed by atoms with E-state index in [0.717, 1.165) is 12.3 Å². The highest BCUT2D eigenvalue weighted by molar-refractivity contribution is 6.35. The zero-order valence-corrected chi connectivity index (χ0v) is 13.2. The summed E-state index contributed by atoms with van der Waals surface area (Å²) < 4.78 is 42.9. The van der Waals surface area contributed by atoms with E-state index in [9.17, 15) is 13.2 Å². The lowest BCUT2D eigenvalue weighted by Crippen LogP contribution is -2.07. The first-order chi connectivity index (χ1) is 10.3. The molecule has 2 nitrogen and oxygen atoms in total. The van der Waals surface area contributed by atoms with E-state index in [0.29, 0.717) is 15.6 Å². The van der Waals surface area contributed by atoms with Gasteiger partial charge in [-0.3, -0.25) is 4.98 Å². The Morgan fingerprint density at radius 1 is 1.00 bits per heavy atom. The van der Waals surface area contributed by atoms with Gasteiger partial charge in [0.05, 0.1) is 29.5 Å². The lowest BCUT2D eigenvalue weighted by Gasteiger charge is -2.10. The summed E-state index contributed by atoms with van der Waals surface area (Å²) in [7, 11) is 0. The lowest BCUT2D eigenvalue weighted by atomic mass is 10.2. The molecule has 0 atom stereocenters. The SMILES string of the molecule is FC(F)(F)c1cnc(COCc2ccc(Cl)cc2Cl)c(Cl)c1. The lowest BCUT2D eigenvalue weighted by molar-refractivity contribution is -0.137. The molecule has 2 aromatic rings. The Balaban J connectivity index is 2.00. The van der Waals surface area contributed by atoms with Gasteiger partial charge in [-0.15, -0.1) is 0 Å². The maximum absolute atomic E-state index is 12.5. The van der Waals surface area contributed by atoms with Crippen molar-refractivity contribution < 1.29 is 17.9 Å². The highest BCUT2D eigenvalue weighted by Crippen LogP contribution is 2.31. The van der Waals surface area contributed by atoms with Gasteiger partial charge in [-0.25, -0.2) is 0 Å². The molecule has 0 aliphatic heterocycles. The first kappa shape index (κ1) is 17.3. The number of benzene rings is 1. The van der Waals surface area contributed by atoms with Gasteiger partial charge in [0, 0.05) is 16.2 Å². The molecule has 0 aliphatic carbocycles. The number of rotatable bonds is 4. The van der Waals surface area contributed by atoms with E-state index in [2.05, 4.69) is 4.98 Å². The van der Waals surface area contributed by atoms with Gasteiger partial charge in [-0.05, 0) is 23.8 Å². The summed E-state index contributed by atoms with van der Waals surface area (Å²) in [6.07, 6.45) is -3.76. The second kappa shape index (κ2) is 7.04. The molecule has 0 spiro atoms. The molecular weight excluding hydrogens is 362 g/mol. The van der Waals surface area contributed by atoms with Crippen LogP contribution in [-0.2, 0) is 24.1 Å². The average molecular weight is 371 g/mol. The van der Waals surface area contributed by atoms with Crippen LogP contribution in [0.1, 0.15) is 16.8 Å². The first-order valence-corrected chi connectivity index (χ1v) is 7.14. The number of hydrogen-bond donors (Lipinski definition) is 0. The summed E-state index contributed by atoms with van der Waals surface area (Å²) in [5, 5.41) is 0.845. The molecule has 0 N–H and O–H groups in total.